The molecule has 0 amide bonds. The van der Waals surface area contributed by atoms with E-state index >= 15 is 0 Å². The molecule has 0 unspecified atom stereocenters. The lowest BCUT2D eigenvalue weighted by molar-refractivity contribution is 0.605. The Balaban J connectivity index is 1.76. The van der Waals surface area contributed by atoms with E-state index in [1.54, 1.807) is 5.56 Å². The van der Waals surface area contributed by atoms with Gasteiger partial charge in [0.2, 0.25) is 0 Å². The smallest absolute Gasteiger partial charge is 0.0149 e. The molecule has 0 atom stereocenters. The molecule has 3 aromatic carbocycles. The fourth-order valence-corrected chi connectivity index (χ4v) is 5.34. The molecule has 0 fully saturated rings. The first kappa shape index (κ1) is 28.2. The van der Waals surface area contributed by atoms with Gasteiger partial charge >= 0.3 is 0 Å². The van der Waals surface area contributed by atoms with Crippen LogP contribution in [-0.2, 0) is 12.8 Å². The summed E-state index contributed by atoms with van der Waals surface area (Å²) in [4.78, 5) is 0. The van der Waals surface area contributed by atoms with Gasteiger partial charge in [-0.2, -0.15) is 0 Å². The van der Waals surface area contributed by atoms with Crippen LogP contribution in [0.3, 0.4) is 0 Å². The second-order valence-electron chi connectivity index (χ2n) is 10.9. The Morgan fingerprint density at radius 1 is 0.444 bits per heavy atom. The van der Waals surface area contributed by atoms with Crippen molar-refractivity contribution in [2.75, 3.05) is 0 Å². The highest BCUT2D eigenvalue weighted by molar-refractivity contribution is 5.73. The summed E-state index contributed by atoms with van der Waals surface area (Å²) in [7, 11) is 0. The molecule has 0 radical (unpaired) electrons. The van der Waals surface area contributed by atoms with Crippen LogP contribution < -0.4 is 0 Å². The average Bonchev–Trinajstić information content (AvgIpc) is 2.89. The van der Waals surface area contributed by atoms with Crippen molar-refractivity contribution in [3.8, 4) is 22.3 Å². The predicted octanol–water partition coefficient (Wildman–Crippen LogP) is 11.4. The van der Waals surface area contributed by atoms with E-state index in [0.29, 0.717) is 0 Å². The summed E-state index contributed by atoms with van der Waals surface area (Å²) in [6.07, 6.45) is 18.7. The lowest BCUT2D eigenvalue weighted by Gasteiger charge is -2.16. The first-order valence-electron chi connectivity index (χ1n) is 14.9. The van der Waals surface area contributed by atoms with Crippen molar-refractivity contribution in [2.45, 2.75) is 118 Å². The molecule has 0 heterocycles. The minimum atomic E-state index is 1.19. The monoisotopic (exact) mass is 482 g/mol. The molecule has 0 aliphatic carbocycles. The fourth-order valence-electron chi connectivity index (χ4n) is 5.34. The number of rotatable bonds is 16. The third kappa shape index (κ3) is 8.95. The molecule has 0 spiro atoms. The minimum Gasteiger partial charge on any atom is -0.0654 e. The first-order valence-corrected chi connectivity index (χ1v) is 14.9. The highest BCUT2D eigenvalue weighted by Crippen LogP contribution is 2.31. The van der Waals surface area contributed by atoms with E-state index in [1.165, 1.54) is 129 Å². The van der Waals surface area contributed by atoms with Crippen LogP contribution in [0.2, 0.25) is 0 Å². The Bertz CT molecular complexity index is 1010. The third-order valence-corrected chi connectivity index (χ3v) is 7.74. The van der Waals surface area contributed by atoms with Crippen molar-refractivity contribution < 1.29 is 0 Å². The van der Waals surface area contributed by atoms with E-state index in [2.05, 4.69) is 88.4 Å². The van der Waals surface area contributed by atoms with Crippen LogP contribution in [0.25, 0.3) is 22.3 Å². The molecule has 36 heavy (non-hydrogen) atoms. The Kier molecular flexibility index (Phi) is 12.3. The maximum absolute atomic E-state index is 2.54. The predicted molar refractivity (Wildman–Crippen MR) is 161 cm³/mol. The highest BCUT2D eigenvalue weighted by atomic mass is 14.2. The summed E-state index contributed by atoms with van der Waals surface area (Å²) in [5.41, 5.74) is 11.3. The molecule has 0 nitrogen and oxygen atoms in total. The van der Waals surface area contributed by atoms with Gasteiger partial charge in [-0.05, 0) is 78.5 Å². The fraction of sp³-hybridized carbons (Fsp3) is 0.500. The maximum Gasteiger partial charge on any atom is -0.0149 e. The number of hydrogen-bond donors (Lipinski definition) is 0. The van der Waals surface area contributed by atoms with E-state index in [4.69, 9.17) is 0 Å². The third-order valence-electron chi connectivity index (χ3n) is 7.74. The lowest BCUT2D eigenvalue weighted by Crippen LogP contribution is -1.98. The summed E-state index contributed by atoms with van der Waals surface area (Å²) < 4.78 is 0. The van der Waals surface area contributed by atoms with Crippen LogP contribution in [0.4, 0.5) is 0 Å². The van der Waals surface area contributed by atoms with Gasteiger partial charge in [0, 0.05) is 0 Å². The second kappa shape index (κ2) is 15.7. The molecule has 0 bridgehead atoms. The van der Waals surface area contributed by atoms with Gasteiger partial charge < -0.3 is 0 Å². The normalized spacial score (nSPS) is 11.2. The molecule has 0 saturated carbocycles. The lowest BCUT2D eigenvalue weighted by atomic mass is 9.89. The number of aryl methyl sites for hydroxylation is 4. The standard InChI is InChI=1S/C36H50/c1-5-7-9-11-13-15-17-34-28-36(35(27-30(34)4)18-16-14-12-10-8-6-2)33-25-23-32(24-26-33)31-21-19-29(3)20-22-31/h19-28H,5-18H2,1-4H3. The SMILES string of the molecule is CCCCCCCCc1cc(-c2ccc(-c3ccc(C)cc3)cc2)c(CCCCCCCC)cc1C. The summed E-state index contributed by atoms with van der Waals surface area (Å²) in [5.74, 6) is 0. The minimum absolute atomic E-state index is 1.19. The quantitative estimate of drug-likeness (QED) is 0.178. The molecular formula is C36H50. The zero-order valence-electron chi connectivity index (χ0n) is 23.7. The maximum atomic E-state index is 2.54. The van der Waals surface area contributed by atoms with Gasteiger partial charge in [-0.1, -0.05) is 144 Å². The zero-order chi connectivity index (χ0) is 25.6. The van der Waals surface area contributed by atoms with Gasteiger partial charge in [-0.15, -0.1) is 0 Å². The van der Waals surface area contributed by atoms with Gasteiger partial charge in [0.25, 0.3) is 0 Å². The molecule has 0 N–H and O–H groups in total. The summed E-state index contributed by atoms with van der Waals surface area (Å²) >= 11 is 0. The Hall–Kier alpha value is -2.34. The zero-order valence-corrected chi connectivity index (χ0v) is 23.7. The van der Waals surface area contributed by atoms with Crippen LogP contribution >= 0.6 is 0 Å². The van der Waals surface area contributed by atoms with Gasteiger partial charge in [0.05, 0.1) is 0 Å². The largest absolute Gasteiger partial charge is 0.0654 e. The molecule has 3 aromatic rings. The van der Waals surface area contributed by atoms with Crippen molar-refractivity contribution in [3.05, 3.63) is 82.9 Å². The number of hydrogen-bond acceptors (Lipinski definition) is 0. The molecule has 194 valence electrons. The molecule has 0 saturated heterocycles. The van der Waals surface area contributed by atoms with Crippen molar-refractivity contribution >= 4 is 0 Å². The van der Waals surface area contributed by atoms with Crippen LogP contribution in [0.1, 0.15) is 113 Å². The van der Waals surface area contributed by atoms with Gasteiger partial charge in [0.15, 0.2) is 0 Å². The molecule has 0 aromatic heterocycles. The molecule has 3 rings (SSSR count). The van der Waals surface area contributed by atoms with Crippen molar-refractivity contribution in [3.63, 3.8) is 0 Å². The average molecular weight is 483 g/mol. The Labute approximate surface area is 222 Å². The molecule has 0 aliphatic rings. The Morgan fingerprint density at radius 3 is 1.44 bits per heavy atom. The van der Waals surface area contributed by atoms with Crippen LogP contribution in [0.15, 0.2) is 60.7 Å². The van der Waals surface area contributed by atoms with Gasteiger partial charge in [0.1, 0.15) is 0 Å². The van der Waals surface area contributed by atoms with Crippen LogP contribution in [0.5, 0.6) is 0 Å². The van der Waals surface area contributed by atoms with Crippen molar-refractivity contribution in [1.29, 1.82) is 0 Å². The first-order chi connectivity index (χ1) is 17.6. The van der Waals surface area contributed by atoms with E-state index in [9.17, 15) is 0 Å². The van der Waals surface area contributed by atoms with E-state index in [1.807, 2.05) is 0 Å². The highest BCUT2D eigenvalue weighted by Gasteiger charge is 2.11. The number of benzene rings is 3. The topological polar surface area (TPSA) is 0 Å². The van der Waals surface area contributed by atoms with Gasteiger partial charge in [-0.3, -0.25) is 0 Å². The van der Waals surface area contributed by atoms with E-state index in [0.717, 1.165) is 0 Å². The van der Waals surface area contributed by atoms with E-state index < -0.39 is 0 Å². The molecule has 0 aliphatic heterocycles. The van der Waals surface area contributed by atoms with Crippen molar-refractivity contribution in [2.24, 2.45) is 0 Å². The van der Waals surface area contributed by atoms with E-state index in [-0.39, 0.29) is 0 Å². The van der Waals surface area contributed by atoms with Crippen LogP contribution in [0, 0.1) is 13.8 Å². The van der Waals surface area contributed by atoms with Crippen molar-refractivity contribution in [1.82, 2.24) is 0 Å². The molecule has 0 heteroatoms. The summed E-state index contributed by atoms with van der Waals surface area (Å²) in [6.45, 7) is 9.08. The Morgan fingerprint density at radius 2 is 0.889 bits per heavy atom. The second-order valence-corrected chi connectivity index (χ2v) is 10.9. The molecular weight excluding hydrogens is 432 g/mol. The number of unbranched alkanes of at least 4 members (excludes halogenated alkanes) is 10. The van der Waals surface area contributed by atoms with Gasteiger partial charge in [-0.25, -0.2) is 0 Å². The summed E-state index contributed by atoms with van der Waals surface area (Å²) in [6, 6.07) is 23.2. The van der Waals surface area contributed by atoms with Crippen LogP contribution in [-0.4, -0.2) is 0 Å². The summed E-state index contributed by atoms with van der Waals surface area (Å²) in [5, 5.41) is 0.